The van der Waals surface area contributed by atoms with Gasteiger partial charge in [0, 0.05) is 11.7 Å². The lowest BCUT2D eigenvalue weighted by Crippen LogP contribution is -2.40. The van der Waals surface area contributed by atoms with Gasteiger partial charge in [0.25, 0.3) is 0 Å². The summed E-state index contributed by atoms with van der Waals surface area (Å²) in [7, 11) is 0. The number of aryl methyl sites for hydroxylation is 2. The van der Waals surface area contributed by atoms with Gasteiger partial charge in [-0.1, -0.05) is 35.5 Å². The first-order valence-electron chi connectivity index (χ1n) is 10.9. The lowest BCUT2D eigenvalue weighted by molar-refractivity contribution is -0.150. The Balaban J connectivity index is 2.10. The normalized spacial score (nSPS) is 18.4. The summed E-state index contributed by atoms with van der Waals surface area (Å²) < 4.78 is 5.79. The molecule has 6 nitrogen and oxygen atoms in total. The Morgan fingerprint density at radius 1 is 1.22 bits per heavy atom. The van der Waals surface area contributed by atoms with Crippen molar-refractivity contribution in [3.05, 3.63) is 57.3 Å². The molecule has 1 aromatic carbocycles. The predicted octanol–water partition coefficient (Wildman–Crippen LogP) is 5.13. The SMILES string of the molecule is CC1=C(C(=O)OC(C)(C)C)[C@@H](c2cc(C)ccc2C)N2C(CC(=O)NC(C)C)=CSC2=N1. The van der Waals surface area contributed by atoms with Crippen LogP contribution in [0.5, 0.6) is 0 Å². The van der Waals surface area contributed by atoms with Gasteiger partial charge in [-0.05, 0) is 71.9 Å². The summed E-state index contributed by atoms with van der Waals surface area (Å²) in [6.45, 7) is 15.4. The van der Waals surface area contributed by atoms with Crippen LogP contribution in [0.1, 0.15) is 70.7 Å². The van der Waals surface area contributed by atoms with E-state index in [-0.39, 0.29) is 24.3 Å². The fraction of sp³-hybridized carbons (Fsp3) is 0.480. The van der Waals surface area contributed by atoms with Gasteiger partial charge in [0.1, 0.15) is 5.60 Å². The number of ether oxygens (including phenoxy) is 1. The molecule has 32 heavy (non-hydrogen) atoms. The molecule has 2 aliphatic rings. The van der Waals surface area contributed by atoms with Crippen LogP contribution >= 0.6 is 11.8 Å². The first kappa shape index (κ1) is 24.1. The Hall–Kier alpha value is -2.54. The van der Waals surface area contributed by atoms with E-state index in [0.29, 0.717) is 11.3 Å². The number of nitrogens with zero attached hydrogens (tertiary/aromatic N) is 2. The average molecular weight is 456 g/mol. The Bertz CT molecular complexity index is 1030. The van der Waals surface area contributed by atoms with Gasteiger partial charge in [-0.15, -0.1) is 0 Å². The van der Waals surface area contributed by atoms with E-state index >= 15 is 0 Å². The van der Waals surface area contributed by atoms with Crippen LogP contribution in [0.4, 0.5) is 0 Å². The van der Waals surface area contributed by atoms with Gasteiger partial charge in [-0.25, -0.2) is 9.79 Å². The van der Waals surface area contributed by atoms with Crippen LogP contribution in [0.25, 0.3) is 0 Å². The second kappa shape index (κ2) is 9.14. The molecule has 0 aliphatic carbocycles. The quantitative estimate of drug-likeness (QED) is 0.623. The Morgan fingerprint density at radius 2 is 1.91 bits per heavy atom. The Kier molecular flexibility index (Phi) is 6.89. The molecule has 0 unspecified atom stereocenters. The number of allylic oxidation sites excluding steroid dienone is 1. The van der Waals surface area contributed by atoms with E-state index in [4.69, 9.17) is 9.73 Å². The third-order valence-corrected chi connectivity index (χ3v) is 6.03. The molecule has 3 rings (SSSR count). The van der Waals surface area contributed by atoms with Crippen molar-refractivity contribution in [2.24, 2.45) is 4.99 Å². The monoisotopic (exact) mass is 455 g/mol. The van der Waals surface area contributed by atoms with Crippen molar-refractivity contribution in [1.29, 1.82) is 0 Å². The Morgan fingerprint density at radius 3 is 2.53 bits per heavy atom. The van der Waals surface area contributed by atoms with Gasteiger partial charge >= 0.3 is 5.97 Å². The third-order valence-electron chi connectivity index (χ3n) is 5.14. The van der Waals surface area contributed by atoms with E-state index in [1.807, 2.05) is 65.7 Å². The lowest BCUT2D eigenvalue weighted by Gasteiger charge is -2.37. The van der Waals surface area contributed by atoms with Gasteiger partial charge in [0.15, 0.2) is 5.17 Å². The number of carbonyl (C=O) groups is 2. The molecule has 1 N–H and O–H groups in total. The molecule has 0 saturated carbocycles. The van der Waals surface area contributed by atoms with Crippen LogP contribution in [0.15, 0.2) is 45.6 Å². The fourth-order valence-electron chi connectivity index (χ4n) is 3.85. The average Bonchev–Trinajstić information content (AvgIpc) is 3.02. The van der Waals surface area contributed by atoms with Crippen molar-refractivity contribution in [3.63, 3.8) is 0 Å². The molecule has 1 aromatic rings. The molecule has 1 amide bonds. The number of thioether (sulfide) groups is 1. The minimum atomic E-state index is -0.629. The van der Waals surface area contributed by atoms with E-state index in [0.717, 1.165) is 27.6 Å². The van der Waals surface area contributed by atoms with Gasteiger partial charge in [0.05, 0.1) is 23.7 Å². The van der Waals surface area contributed by atoms with E-state index in [9.17, 15) is 9.59 Å². The number of amides is 1. The van der Waals surface area contributed by atoms with Crippen LogP contribution in [-0.2, 0) is 14.3 Å². The predicted molar refractivity (Wildman–Crippen MR) is 130 cm³/mol. The minimum absolute atomic E-state index is 0.0564. The van der Waals surface area contributed by atoms with Crippen LogP contribution in [0, 0.1) is 13.8 Å². The van der Waals surface area contributed by atoms with Gasteiger partial charge in [0.2, 0.25) is 5.91 Å². The van der Waals surface area contributed by atoms with Crippen LogP contribution in [-0.4, -0.2) is 33.6 Å². The molecular weight excluding hydrogens is 422 g/mol. The number of benzene rings is 1. The Labute approximate surface area is 195 Å². The van der Waals surface area contributed by atoms with Crippen molar-refractivity contribution >= 4 is 28.8 Å². The van der Waals surface area contributed by atoms with E-state index in [1.165, 1.54) is 11.8 Å². The summed E-state index contributed by atoms with van der Waals surface area (Å²) in [4.78, 5) is 32.7. The van der Waals surface area contributed by atoms with Crippen molar-refractivity contribution < 1.29 is 14.3 Å². The number of esters is 1. The minimum Gasteiger partial charge on any atom is -0.456 e. The maximum atomic E-state index is 13.4. The number of hydrogen-bond acceptors (Lipinski definition) is 6. The molecule has 1 atom stereocenters. The topological polar surface area (TPSA) is 71.0 Å². The molecule has 0 spiro atoms. The molecule has 0 bridgehead atoms. The smallest absolute Gasteiger partial charge is 0.338 e. The maximum absolute atomic E-state index is 13.4. The van der Waals surface area contributed by atoms with Crippen molar-refractivity contribution in [1.82, 2.24) is 10.2 Å². The number of fused-ring (bicyclic) bond motifs is 1. The fourth-order valence-corrected chi connectivity index (χ4v) is 4.81. The maximum Gasteiger partial charge on any atom is 0.338 e. The first-order valence-corrected chi connectivity index (χ1v) is 11.8. The largest absolute Gasteiger partial charge is 0.456 e. The van der Waals surface area contributed by atoms with Gasteiger partial charge in [-0.3, -0.25) is 4.79 Å². The number of hydrogen-bond donors (Lipinski definition) is 1. The zero-order valence-electron chi connectivity index (χ0n) is 20.2. The molecule has 0 fully saturated rings. The highest BCUT2D eigenvalue weighted by Crippen LogP contribution is 2.46. The third kappa shape index (κ3) is 5.26. The number of carbonyl (C=O) groups excluding carboxylic acids is 2. The second-order valence-corrected chi connectivity index (χ2v) is 10.5. The summed E-state index contributed by atoms with van der Waals surface area (Å²) in [5.41, 5.74) is 4.53. The number of nitrogens with one attached hydrogen (secondary N) is 1. The lowest BCUT2D eigenvalue weighted by atomic mass is 9.89. The standard InChI is InChI=1S/C25H33N3O3S/c1-14(2)26-20(29)12-18-13-32-24-27-17(5)21(23(30)31-25(6,7)8)22(28(18)24)19-11-15(3)9-10-16(19)4/h9-11,13-14,22H,12H2,1-8H3,(H,26,29)/t22-/m1/s1. The van der Waals surface area contributed by atoms with Crippen LogP contribution in [0.3, 0.4) is 0 Å². The van der Waals surface area contributed by atoms with Crippen LogP contribution in [0.2, 0.25) is 0 Å². The second-order valence-electron chi connectivity index (χ2n) is 9.65. The molecule has 0 saturated heterocycles. The highest BCUT2D eigenvalue weighted by atomic mass is 32.2. The number of rotatable bonds is 5. The highest BCUT2D eigenvalue weighted by molar-refractivity contribution is 8.16. The summed E-state index contributed by atoms with van der Waals surface area (Å²) in [6.07, 6.45) is 0.214. The van der Waals surface area contributed by atoms with Crippen LogP contribution < -0.4 is 5.32 Å². The summed E-state index contributed by atoms with van der Waals surface area (Å²) >= 11 is 1.48. The molecule has 0 radical (unpaired) electrons. The number of amidine groups is 1. The summed E-state index contributed by atoms with van der Waals surface area (Å²) in [5.74, 6) is -0.440. The summed E-state index contributed by atoms with van der Waals surface area (Å²) in [6, 6.07) is 5.88. The van der Waals surface area contributed by atoms with Gasteiger partial charge < -0.3 is 15.0 Å². The zero-order chi connectivity index (χ0) is 23.8. The molecule has 2 heterocycles. The molecule has 0 aromatic heterocycles. The van der Waals surface area contributed by atoms with E-state index < -0.39 is 11.6 Å². The summed E-state index contributed by atoms with van der Waals surface area (Å²) in [5, 5.41) is 5.69. The molecular formula is C25H33N3O3S. The van der Waals surface area contributed by atoms with E-state index in [2.05, 4.69) is 23.5 Å². The highest BCUT2D eigenvalue weighted by Gasteiger charge is 2.42. The van der Waals surface area contributed by atoms with Crippen molar-refractivity contribution in [2.75, 3.05) is 0 Å². The van der Waals surface area contributed by atoms with E-state index in [1.54, 1.807) is 0 Å². The van der Waals surface area contributed by atoms with Crippen molar-refractivity contribution in [3.8, 4) is 0 Å². The number of aliphatic imine (C=N–C) groups is 1. The zero-order valence-corrected chi connectivity index (χ0v) is 21.0. The molecule has 172 valence electrons. The van der Waals surface area contributed by atoms with Crippen molar-refractivity contribution in [2.45, 2.75) is 79.5 Å². The molecule has 2 aliphatic heterocycles. The molecule has 7 heteroatoms. The first-order chi connectivity index (χ1) is 14.9. The van der Waals surface area contributed by atoms with Gasteiger partial charge in [-0.2, -0.15) is 0 Å².